The molecule has 0 aliphatic carbocycles. The minimum absolute atomic E-state index is 0.176. The van der Waals surface area contributed by atoms with Gasteiger partial charge in [-0.3, -0.25) is 19.1 Å². The monoisotopic (exact) mass is 441 g/mol. The molecule has 4 aromatic rings. The Morgan fingerprint density at radius 2 is 1.94 bits per heavy atom. The van der Waals surface area contributed by atoms with Crippen molar-refractivity contribution in [2.24, 2.45) is 0 Å². The zero-order valence-corrected chi connectivity index (χ0v) is 18.0. The number of rotatable bonds is 6. The van der Waals surface area contributed by atoms with E-state index < -0.39 is 5.25 Å². The first kappa shape index (κ1) is 21.3. The lowest BCUT2D eigenvalue weighted by molar-refractivity contribution is -0.115. The predicted molar refractivity (Wildman–Crippen MR) is 124 cm³/mol. The second-order valence-electron chi connectivity index (χ2n) is 7.07. The summed E-state index contributed by atoms with van der Waals surface area (Å²) in [6.07, 6.45) is 3.37. The average Bonchev–Trinajstić information content (AvgIpc) is 2.82. The van der Waals surface area contributed by atoms with E-state index in [1.165, 1.54) is 11.8 Å². The molecule has 0 aliphatic heterocycles. The van der Waals surface area contributed by atoms with Crippen molar-refractivity contribution in [3.63, 3.8) is 0 Å². The third kappa shape index (κ3) is 4.53. The van der Waals surface area contributed by atoms with Crippen LogP contribution in [0.2, 0.25) is 0 Å². The lowest BCUT2D eigenvalue weighted by Crippen LogP contribution is -2.27. The topological polar surface area (TPSA) is 101 Å². The van der Waals surface area contributed by atoms with Gasteiger partial charge in [-0.05, 0) is 42.8 Å². The van der Waals surface area contributed by atoms with Crippen molar-refractivity contribution >= 4 is 34.3 Å². The van der Waals surface area contributed by atoms with Gasteiger partial charge >= 0.3 is 0 Å². The molecule has 1 N–H and O–H groups in total. The van der Waals surface area contributed by atoms with Crippen LogP contribution in [0.25, 0.3) is 10.9 Å². The number of nitrogens with zero attached hydrogens (tertiary/aromatic N) is 4. The smallest absolute Gasteiger partial charge is 0.262 e. The Labute approximate surface area is 188 Å². The first-order chi connectivity index (χ1) is 15.6. The van der Waals surface area contributed by atoms with Crippen LogP contribution < -0.4 is 10.9 Å². The van der Waals surface area contributed by atoms with Gasteiger partial charge < -0.3 is 5.32 Å². The number of nitriles is 1. The second-order valence-corrected chi connectivity index (χ2v) is 8.38. The summed E-state index contributed by atoms with van der Waals surface area (Å²) in [5, 5.41) is 12.4. The maximum Gasteiger partial charge on any atom is 0.262 e. The molecule has 1 amide bonds. The van der Waals surface area contributed by atoms with E-state index in [-0.39, 0.29) is 11.5 Å². The van der Waals surface area contributed by atoms with Crippen molar-refractivity contribution in [1.82, 2.24) is 14.5 Å². The molecule has 0 fully saturated rings. The third-order valence-electron chi connectivity index (χ3n) is 4.85. The summed E-state index contributed by atoms with van der Waals surface area (Å²) in [6, 6.07) is 19.7. The highest BCUT2D eigenvalue weighted by Gasteiger charge is 2.20. The lowest BCUT2D eigenvalue weighted by atomic mass is 10.2. The van der Waals surface area contributed by atoms with Gasteiger partial charge in [0.25, 0.3) is 5.56 Å². The fraction of sp³-hybridized carbons (Fsp3) is 0.125. The van der Waals surface area contributed by atoms with Gasteiger partial charge in [0.2, 0.25) is 5.91 Å². The summed E-state index contributed by atoms with van der Waals surface area (Å²) in [5.74, 6) is -0.284. The summed E-state index contributed by atoms with van der Waals surface area (Å²) < 4.78 is 1.57. The molecule has 0 aliphatic rings. The maximum atomic E-state index is 13.2. The van der Waals surface area contributed by atoms with Crippen molar-refractivity contribution in [1.29, 1.82) is 5.26 Å². The fourth-order valence-electron chi connectivity index (χ4n) is 3.19. The minimum Gasteiger partial charge on any atom is -0.324 e. The van der Waals surface area contributed by atoms with Crippen LogP contribution in [0.3, 0.4) is 0 Å². The molecule has 0 bridgehead atoms. The average molecular weight is 442 g/mol. The number of amides is 1. The molecular weight excluding hydrogens is 422 g/mol. The van der Waals surface area contributed by atoms with Gasteiger partial charge in [0.15, 0.2) is 5.16 Å². The fourth-order valence-corrected chi connectivity index (χ4v) is 4.09. The number of thioether (sulfide) groups is 1. The normalized spacial score (nSPS) is 11.6. The molecule has 2 heterocycles. The van der Waals surface area contributed by atoms with Crippen molar-refractivity contribution in [3.8, 4) is 6.07 Å². The first-order valence-corrected chi connectivity index (χ1v) is 10.8. The number of carbonyl (C=O) groups excluding carboxylic acids is 1. The van der Waals surface area contributed by atoms with Crippen LogP contribution in [0.4, 0.5) is 5.69 Å². The molecule has 0 spiro atoms. The number of carbonyl (C=O) groups is 1. The number of hydrogen-bond acceptors (Lipinski definition) is 6. The quantitative estimate of drug-likeness (QED) is 0.360. The zero-order valence-electron chi connectivity index (χ0n) is 17.2. The molecule has 1 unspecified atom stereocenters. The maximum absolute atomic E-state index is 13.2. The van der Waals surface area contributed by atoms with E-state index in [9.17, 15) is 14.9 Å². The Bertz CT molecular complexity index is 1380. The molecule has 2 aromatic heterocycles. The predicted octanol–water partition coefficient (Wildman–Crippen LogP) is 3.83. The van der Waals surface area contributed by atoms with E-state index in [1.807, 2.05) is 18.2 Å². The van der Waals surface area contributed by atoms with Crippen LogP contribution in [0.5, 0.6) is 0 Å². The molecule has 7 nitrogen and oxygen atoms in total. The Morgan fingerprint density at radius 3 is 2.72 bits per heavy atom. The summed E-state index contributed by atoms with van der Waals surface area (Å²) in [5.41, 5.74) is 2.09. The number of benzene rings is 2. The molecule has 0 saturated heterocycles. The van der Waals surface area contributed by atoms with E-state index in [0.29, 0.717) is 33.9 Å². The van der Waals surface area contributed by atoms with Crippen LogP contribution in [-0.2, 0) is 11.3 Å². The molecule has 8 heteroatoms. The minimum atomic E-state index is -0.560. The van der Waals surface area contributed by atoms with Crippen molar-refractivity contribution < 1.29 is 4.79 Å². The van der Waals surface area contributed by atoms with E-state index in [0.717, 1.165) is 5.56 Å². The molecule has 32 heavy (non-hydrogen) atoms. The van der Waals surface area contributed by atoms with Crippen LogP contribution >= 0.6 is 11.8 Å². The number of pyridine rings is 1. The number of hydrogen-bond donors (Lipinski definition) is 1. The van der Waals surface area contributed by atoms with Gasteiger partial charge in [0, 0.05) is 12.4 Å². The SMILES string of the molecule is CC(Sc1nc2ccccc2c(=O)n1Cc1cccnc1)C(=O)Nc1ccccc1C#N. The van der Waals surface area contributed by atoms with E-state index >= 15 is 0 Å². The summed E-state index contributed by atoms with van der Waals surface area (Å²) in [7, 11) is 0. The number of aromatic nitrogens is 3. The number of nitrogens with one attached hydrogen (secondary N) is 1. The largest absolute Gasteiger partial charge is 0.324 e. The molecule has 1 atom stereocenters. The van der Waals surface area contributed by atoms with Gasteiger partial charge in [0.1, 0.15) is 6.07 Å². The highest BCUT2D eigenvalue weighted by atomic mass is 32.2. The lowest BCUT2D eigenvalue weighted by Gasteiger charge is -2.16. The number of para-hydroxylation sites is 2. The van der Waals surface area contributed by atoms with E-state index in [2.05, 4.69) is 21.4 Å². The van der Waals surface area contributed by atoms with Gasteiger partial charge in [-0.1, -0.05) is 42.1 Å². The van der Waals surface area contributed by atoms with Gasteiger partial charge in [-0.25, -0.2) is 4.98 Å². The van der Waals surface area contributed by atoms with Gasteiger partial charge in [0.05, 0.1) is 33.9 Å². The Kier molecular flexibility index (Phi) is 6.29. The van der Waals surface area contributed by atoms with E-state index in [4.69, 9.17) is 0 Å². The molecule has 4 rings (SSSR count). The van der Waals surface area contributed by atoms with Crippen LogP contribution in [-0.4, -0.2) is 25.7 Å². The molecule has 2 aromatic carbocycles. The van der Waals surface area contributed by atoms with Gasteiger partial charge in [-0.15, -0.1) is 0 Å². The molecule has 0 saturated carbocycles. The Balaban J connectivity index is 1.66. The Hall–Kier alpha value is -3.96. The molecule has 0 radical (unpaired) electrons. The number of fused-ring (bicyclic) bond motifs is 1. The summed E-state index contributed by atoms with van der Waals surface area (Å²) in [4.78, 5) is 34.9. The van der Waals surface area contributed by atoms with Crippen molar-refractivity contribution in [3.05, 3.63) is 94.5 Å². The highest BCUT2D eigenvalue weighted by molar-refractivity contribution is 8.00. The van der Waals surface area contributed by atoms with Gasteiger partial charge in [-0.2, -0.15) is 5.26 Å². The Morgan fingerprint density at radius 1 is 1.16 bits per heavy atom. The molecular formula is C24H19N5O2S. The number of anilines is 1. The van der Waals surface area contributed by atoms with Crippen LogP contribution in [0, 0.1) is 11.3 Å². The van der Waals surface area contributed by atoms with Crippen LogP contribution in [0.1, 0.15) is 18.1 Å². The first-order valence-electron chi connectivity index (χ1n) is 9.92. The molecule has 158 valence electrons. The summed E-state index contributed by atoms with van der Waals surface area (Å²) in [6.45, 7) is 2.03. The third-order valence-corrected chi connectivity index (χ3v) is 5.94. The van der Waals surface area contributed by atoms with Crippen LogP contribution in [0.15, 0.2) is 83.0 Å². The zero-order chi connectivity index (χ0) is 22.5. The second kappa shape index (κ2) is 9.45. The standard InChI is InChI=1S/C24H19N5O2S/c1-16(22(30)27-20-10-4-2-8-18(20)13-25)32-24-28-21-11-5-3-9-19(21)23(31)29(24)15-17-7-6-12-26-14-17/h2-12,14,16H,15H2,1H3,(H,27,30). The van der Waals surface area contributed by atoms with E-state index in [1.54, 1.807) is 66.3 Å². The highest BCUT2D eigenvalue weighted by Crippen LogP contribution is 2.25. The summed E-state index contributed by atoms with van der Waals surface area (Å²) >= 11 is 1.20. The van der Waals surface area contributed by atoms with Crippen molar-refractivity contribution in [2.75, 3.05) is 5.32 Å². The van der Waals surface area contributed by atoms with Crippen molar-refractivity contribution in [2.45, 2.75) is 23.9 Å².